The van der Waals surface area contributed by atoms with Crippen LogP contribution in [0.5, 0.6) is 5.75 Å². The van der Waals surface area contributed by atoms with Crippen LogP contribution in [0.1, 0.15) is 11.1 Å². The molecule has 112 valence electrons. The number of benzene rings is 1. The van der Waals surface area contributed by atoms with Crippen LogP contribution in [0.4, 0.5) is 11.6 Å². The standard InChI is InChI=1S/C16H17N5O/c1-11-8-13(22-3)9-14(12(11)2)19-16-18-10-21(20-16)15-6-4-5-7-17-15/h4-10H,1-3H3,(H,19,20). The first-order valence-corrected chi connectivity index (χ1v) is 6.92. The minimum absolute atomic E-state index is 0.515. The highest BCUT2D eigenvalue weighted by Gasteiger charge is 2.08. The molecule has 2 aromatic heterocycles. The summed E-state index contributed by atoms with van der Waals surface area (Å²) < 4.78 is 6.94. The molecule has 0 saturated heterocycles. The van der Waals surface area contributed by atoms with Crippen molar-refractivity contribution in [2.24, 2.45) is 0 Å². The molecule has 0 radical (unpaired) electrons. The van der Waals surface area contributed by atoms with Gasteiger partial charge in [0.05, 0.1) is 7.11 Å². The van der Waals surface area contributed by atoms with Gasteiger partial charge in [-0.15, -0.1) is 5.10 Å². The van der Waals surface area contributed by atoms with Crippen LogP contribution in [0, 0.1) is 13.8 Å². The fourth-order valence-corrected chi connectivity index (χ4v) is 2.11. The lowest BCUT2D eigenvalue weighted by Crippen LogP contribution is -2.00. The van der Waals surface area contributed by atoms with Crippen LogP contribution >= 0.6 is 0 Å². The lowest BCUT2D eigenvalue weighted by atomic mass is 10.1. The molecule has 2 heterocycles. The van der Waals surface area contributed by atoms with Crippen molar-refractivity contribution in [2.75, 3.05) is 12.4 Å². The molecule has 0 spiro atoms. The molecule has 0 saturated carbocycles. The van der Waals surface area contributed by atoms with Crippen molar-refractivity contribution in [1.29, 1.82) is 0 Å². The molecule has 0 aliphatic rings. The van der Waals surface area contributed by atoms with Crippen LogP contribution in [0.25, 0.3) is 5.82 Å². The Morgan fingerprint density at radius 3 is 2.73 bits per heavy atom. The van der Waals surface area contributed by atoms with Crippen LogP contribution in [-0.4, -0.2) is 26.9 Å². The van der Waals surface area contributed by atoms with E-state index in [-0.39, 0.29) is 0 Å². The van der Waals surface area contributed by atoms with Crippen LogP contribution in [0.15, 0.2) is 42.9 Å². The van der Waals surface area contributed by atoms with Gasteiger partial charge in [-0.25, -0.2) is 9.67 Å². The second-order valence-electron chi connectivity index (χ2n) is 4.94. The Balaban J connectivity index is 1.88. The van der Waals surface area contributed by atoms with E-state index in [1.54, 1.807) is 24.3 Å². The van der Waals surface area contributed by atoms with Crippen LogP contribution in [0.2, 0.25) is 0 Å². The molecule has 0 atom stereocenters. The third-order valence-electron chi connectivity index (χ3n) is 3.50. The van der Waals surface area contributed by atoms with Gasteiger partial charge in [-0.2, -0.15) is 4.98 Å². The van der Waals surface area contributed by atoms with E-state index in [2.05, 4.69) is 20.4 Å². The van der Waals surface area contributed by atoms with Crippen molar-refractivity contribution >= 4 is 11.6 Å². The third kappa shape index (κ3) is 2.76. The van der Waals surface area contributed by atoms with Gasteiger partial charge < -0.3 is 10.1 Å². The van der Waals surface area contributed by atoms with Gasteiger partial charge in [-0.3, -0.25) is 0 Å². The Labute approximate surface area is 128 Å². The molecule has 0 aliphatic heterocycles. The number of anilines is 2. The lowest BCUT2D eigenvalue weighted by molar-refractivity contribution is 0.414. The number of aromatic nitrogens is 4. The number of methoxy groups -OCH3 is 1. The molecule has 1 N–H and O–H groups in total. The average Bonchev–Trinajstić information content (AvgIpc) is 3.01. The van der Waals surface area contributed by atoms with Crippen LogP contribution in [-0.2, 0) is 0 Å². The quantitative estimate of drug-likeness (QED) is 0.801. The Hall–Kier alpha value is -2.89. The molecule has 6 nitrogen and oxygen atoms in total. The molecule has 3 rings (SSSR count). The van der Waals surface area contributed by atoms with Crippen molar-refractivity contribution in [3.05, 3.63) is 54.0 Å². The van der Waals surface area contributed by atoms with Crippen molar-refractivity contribution in [2.45, 2.75) is 13.8 Å². The topological polar surface area (TPSA) is 64.9 Å². The molecule has 0 aliphatic carbocycles. The number of hydrogen-bond acceptors (Lipinski definition) is 5. The van der Waals surface area contributed by atoms with E-state index in [1.807, 2.05) is 44.2 Å². The van der Waals surface area contributed by atoms with Crippen LogP contribution < -0.4 is 10.1 Å². The minimum atomic E-state index is 0.515. The van der Waals surface area contributed by atoms with E-state index in [1.165, 1.54) is 0 Å². The summed E-state index contributed by atoms with van der Waals surface area (Å²) >= 11 is 0. The number of nitrogens with one attached hydrogen (secondary N) is 1. The first kappa shape index (κ1) is 14.1. The molecule has 0 fully saturated rings. The van der Waals surface area contributed by atoms with Gasteiger partial charge in [0.25, 0.3) is 0 Å². The summed E-state index contributed by atoms with van der Waals surface area (Å²) in [5.41, 5.74) is 3.21. The molecule has 3 aromatic rings. The Kier molecular flexibility index (Phi) is 3.74. The van der Waals surface area contributed by atoms with Gasteiger partial charge in [0, 0.05) is 18.0 Å². The molecular weight excluding hydrogens is 278 g/mol. The zero-order chi connectivity index (χ0) is 15.5. The van der Waals surface area contributed by atoms with E-state index in [4.69, 9.17) is 4.74 Å². The zero-order valence-corrected chi connectivity index (χ0v) is 12.7. The SMILES string of the molecule is COc1cc(C)c(C)c(Nc2ncn(-c3ccccn3)n2)c1. The largest absolute Gasteiger partial charge is 0.497 e. The molecule has 1 aromatic carbocycles. The molecule has 0 unspecified atom stereocenters. The first-order chi connectivity index (χ1) is 10.7. The summed E-state index contributed by atoms with van der Waals surface area (Å²) in [5.74, 6) is 2.04. The van der Waals surface area contributed by atoms with E-state index in [9.17, 15) is 0 Å². The Morgan fingerprint density at radius 1 is 1.14 bits per heavy atom. The van der Waals surface area contributed by atoms with E-state index in [0.717, 1.165) is 28.4 Å². The number of ether oxygens (including phenoxy) is 1. The maximum Gasteiger partial charge on any atom is 0.247 e. The highest BCUT2D eigenvalue weighted by atomic mass is 16.5. The number of rotatable bonds is 4. The van der Waals surface area contributed by atoms with Gasteiger partial charge in [-0.1, -0.05) is 6.07 Å². The number of aryl methyl sites for hydroxylation is 1. The number of nitrogens with zero attached hydrogens (tertiary/aromatic N) is 4. The van der Waals surface area contributed by atoms with Crippen LogP contribution in [0.3, 0.4) is 0 Å². The molecule has 22 heavy (non-hydrogen) atoms. The summed E-state index contributed by atoms with van der Waals surface area (Å²) in [6.45, 7) is 4.09. The fourth-order valence-electron chi connectivity index (χ4n) is 2.11. The number of hydrogen-bond donors (Lipinski definition) is 1. The highest BCUT2D eigenvalue weighted by Crippen LogP contribution is 2.27. The Morgan fingerprint density at radius 2 is 2.00 bits per heavy atom. The van der Waals surface area contributed by atoms with E-state index < -0.39 is 0 Å². The van der Waals surface area contributed by atoms with Gasteiger partial charge in [0.15, 0.2) is 5.82 Å². The second-order valence-corrected chi connectivity index (χ2v) is 4.94. The average molecular weight is 295 g/mol. The maximum atomic E-state index is 5.31. The molecule has 6 heteroatoms. The Bertz CT molecular complexity index is 782. The monoisotopic (exact) mass is 295 g/mol. The van der Waals surface area contributed by atoms with E-state index in [0.29, 0.717) is 5.95 Å². The highest BCUT2D eigenvalue weighted by molar-refractivity contribution is 5.63. The third-order valence-corrected chi connectivity index (χ3v) is 3.50. The summed E-state index contributed by atoms with van der Waals surface area (Å²) in [6, 6.07) is 9.58. The summed E-state index contributed by atoms with van der Waals surface area (Å²) in [6.07, 6.45) is 3.35. The van der Waals surface area contributed by atoms with Crippen molar-refractivity contribution in [3.63, 3.8) is 0 Å². The lowest BCUT2D eigenvalue weighted by Gasteiger charge is -2.11. The summed E-state index contributed by atoms with van der Waals surface area (Å²) in [5, 5.41) is 7.62. The van der Waals surface area contributed by atoms with Crippen molar-refractivity contribution < 1.29 is 4.74 Å². The molecule has 0 amide bonds. The second kappa shape index (κ2) is 5.85. The van der Waals surface area contributed by atoms with Gasteiger partial charge >= 0.3 is 0 Å². The predicted octanol–water partition coefficient (Wildman–Crippen LogP) is 3.03. The molecular formula is C16H17N5O. The van der Waals surface area contributed by atoms with Gasteiger partial charge in [0.1, 0.15) is 12.1 Å². The fraction of sp³-hybridized carbons (Fsp3) is 0.188. The normalized spacial score (nSPS) is 10.5. The molecule has 0 bridgehead atoms. The summed E-state index contributed by atoms with van der Waals surface area (Å²) in [7, 11) is 1.65. The summed E-state index contributed by atoms with van der Waals surface area (Å²) in [4.78, 5) is 8.52. The number of pyridine rings is 1. The zero-order valence-electron chi connectivity index (χ0n) is 12.7. The van der Waals surface area contributed by atoms with E-state index >= 15 is 0 Å². The van der Waals surface area contributed by atoms with Gasteiger partial charge in [-0.05, 0) is 43.2 Å². The van der Waals surface area contributed by atoms with Crippen molar-refractivity contribution in [1.82, 2.24) is 19.7 Å². The predicted molar refractivity (Wildman–Crippen MR) is 84.9 cm³/mol. The first-order valence-electron chi connectivity index (χ1n) is 6.92. The minimum Gasteiger partial charge on any atom is -0.497 e. The maximum absolute atomic E-state index is 5.31. The van der Waals surface area contributed by atoms with Crippen molar-refractivity contribution in [3.8, 4) is 11.6 Å². The van der Waals surface area contributed by atoms with Gasteiger partial charge in [0.2, 0.25) is 5.95 Å². The smallest absolute Gasteiger partial charge is 0.247 e.